The number of amides is 2. The zero-order valence-corrected chi connectivity index (χ0v) is 12.0. The van der Waals surface area contributed by atoms with Crippen molar-refractivity contribution >= 4 is 17.8 Å². The molecule has 0 saturated heterocycles. The highest BCUT2D eigenvalue weighted by atomic mass is 16.5. The van der Waals surface area contributed by atoms with E-state index in [1.165, 1.54) is 0 Å². The van der Waals surface area contributed by atoms with Gasteiger partial charge in [0.1, 0.15) is 0 Å². The normalized spacial score (nSPS) is 9.84. The average Bonchev–Trinajstić information content (AvgIpc) is 2.38. The molecule has 6 nitrogen and oxygen atoms in total. The summed E-state index contributed by atoms with van der Waals surface area (Å²) >= 11 is 0. The fourth-order valence-corrected chi connectivity index (χ4v) is 1.58. The first-order valence-electron chi connectivity index (χ1n) is 6.75. The van der Waals surface area contributed by atoms with Crippen LogP contribution in [0.4, 0.5) is 0 Å². The Balaban J connectivity index is 3.74. The van der Waals surface area contributed by atoms with E-state index in [1.54, 1.807) is 11.8 Å². The number of carbonyl (C=O) groups excluding carboxylic acids is 3. The van der Waals surface area contributed by atoms with Gasteiger partial charge in [-0.15, -0.1) is 0 Å². The van der Waals surface area contributed by atoms with Crippen LogP contribution in [0.15, 0.2) is 0 Å². The molecule has 0 aliphatic carbocycles. The van der Waals surface area contributed by atoms with E-state index >= 15 is 0 Å². The number of rotatable bonds is 9. The lowest BCUT2D eigenvalue weighted by atomic mass is 10.3. The van der Waals surface area contributed by atoms with E-state index < -0.39 is 0 Å². The molecular weight excluding hydrogens is 248 g/mol. The summed E-state index contributed by atoms with van der Waals surface area (Å²) in [7, 11) is 0. The van der Waals surface area contributed by atoms with Gasteiger partial charge >= 0.3 is 5.97 Å². The quantitative estimate of drug-likeness (QED) is 0.627. The molecule has 0 bridgehead atoms. The minimum atomic E-state index is -0.378. The van der Waals surface area contributed by atoms with Crippen LogP contribution in [0.1, 0.15) is 40.0 Å². The van der Waals surface area contributed by atoms with Crippen molar-refractivity contribution in [3.8, 4) is 0 Å². The molecule has 0 saturated carbocycles. The van der Waals surface area contributed by atoms with Gasteiger partial charge in [-0.2, -0.15) is 0 Å². The Hall–Kier alpha value is -1.59. The predicted molar refractivity (Wildman–Crippen MR) is 71.4 cm³/mol. The SMILES string of the molecule is CCOC(=O)CCC(=O)NCCC(=O)N(CC)CC. The highest BCUT2D eigenvalue weighted by Crippen LogP contribution is 1.95. The molecule has 2 amide bonds. The van der Waals surface area contributed by atoms with Crippen LogP contribution in [0.2, 0.25) is 0 Å². The fraction of sp³-hybridized carbons (Fsp3) is 0.769. The zero-order chi connectivity index (χ0) is 14.7. The number of nitrogens with zero attached hydrogens (tertiary/aromatic N) is 1. The standard InChI is InChI=1S/C13H24N2O4/c1-4-15(5-2)12(17)9-10-14-11(16)7-8-13(18)19-6-3/h4-10H2,1-3H3,(H,14,16). The number of ether oxygens (including phenoxy) is 1. The maximum absolute atomic E-state index is 11.6. The summed E-state index contributed by atoms with van der Waals surface area (Å²) < 4.78 is 4.72. The second kappa shape index (κ2) is 10.3. The van der Waals surface area contributed by atoms with Crippen molar-refractivity contribution in [3.63, 3.8) is 0 Å². The second-order valence-electron chi connectivity index (χ2n) is 3.97. The van der Waals surface area contributed by atoms with E-state index in [0.717, 1.165) is 0 Å². The van der Waals surface area contributed by atoms with Crippen LogP contribution in [-0.2, 0) is 19.1 Å². The summed E-state index contributed by atoms with van der Waals surface area (Å²) in [6.07, 6.45) is 0.453. The monoisotopic (exact) mass is 272 g/mol. The van der Waals surface area contributed by atoms with Crippen molar-refractivity contribution in [2.24, 2.45) is 0 Å². The first-order valence-corrected chi connectivity index (χ1v) is 6.75. The Labute approximate surface area is 114 Å². The van der Waals surface area contributed by atoms with Crippen LogP contribution in [0.3, 0.4) is 0 Å². The van der Waals surface area contributed by atoms with Crippen LogP contribution in [-0.4, -0.2) is 48.9 Å². The summed E-state index contributed by atoms with van der Waals surface area (Å²) in [4.78, 5) is 35.8. The first kappa shape index (κ1) is 17.4. The molecule has 6 heteroatoms. The Morgan fingerprint density at radius 3 is 2.16 bits per heavy atom. The van der Waals surface area contributed by atoms with Gasteiger partial charge in [0, 0.05) is 32.5 Å². The van der Waals surface area contributed by atoms with E-state index in [0.29, 0.717) is 26.2 Å². The summed E-state index contributed by atoms with van der Waals surface area (Å²) in [5, 5.41) is 2.62. The number of esters is 1. The Morgan fingerprint density at radius 1 is 1.00 bits per heavy atom. The Bertz CT molecular complexity index is 301. The van der Waals surface area contributed by atoms with E-state index in [-0.39, 0.29) is 37.0 Å². The van der Waals surface area contributed by atoms with Gasteiger partial charge in [0.25, 0.3) is 0 Å². The molecule has 110 valence electrons. The molecule has 0 fully saturated rings. The molecule has 0 rings (SSSR count). The van der Waals surface area contributed by atoms with Crippen molar-refractivity contribution in [1.29, 1.82) is 0 Å². The van der Waals surface area contributed by atoms with E-state index in [9.17, 15) is 14.4 Å². The first-order chi connectivity index (χ1) is 9.04. The lowest BCUT2D eigenvalue weighted by Crippen LogP contribution is -2.34. The molecule has 19 heavy (non-hydrogen) atoms. The van der Waals surface area contributed by atoms with Gasteiger partial charge in [-0.1, -0.05) is 0 Å². The van der Waals surface area contributed by atoms with Gasteiger partial charge in [-0.3, -0.25) is 14.4 Å². The topological polar surface area (TPSA) is 75.7 Å². The van der Waals surface area contributed by atoms with Crippen LogP contribution in [0, 0.1) is 0 Å². The van der Waals surface area contributed by atoms with Crippen LogP contribution in [0.25, 0.3) is 0 Å². The number of carbonyl (C=O) groups is 3. The minimum Gasteiger partial charge on any atom is -0.466 e. The molecule has 0 aromatic rings. The number of hydrogen-bond acceptors (Lipinski definition) is 4. The third-order valence-corrected chi connectivity index (χ3v) is 2.64. The van der Waals surface area contributed by atoms with Crippen molar-refractivity contribution in [3.05, 3.63) is 0 Å². The van der Waals surface area contributed by atoms with Gasteiger partial charge < -0.3 is 15.0 Å². The molecular formula is C13H24N2O4. The van der Waals surface area contributed by atoms with E-state index in [2.05, 4.69) is 5.32 Å². The third kappa shape index (κ3) is 8.18. The van der Waals surface area contributed by atoms with Gasteiger partial charge in [0.15, 0.2) is 0 Å². The lowest BCUT2D eigenvalue weighted by molar-refractivity contribution is -0.144. The molecule has 0 spiro atoms. The summed E-state index contributed by atoms with van der Waals surface area (Å²) in [5.74, 6) is -0.590. The Kier molecular flexibility index (Phi) is 9.48. The maximum Gasteiger partial charge on any atom is 0.306 e. The molecule has 0 heterocycles. The largest absolute Gasteiger partial charge is 0.466 e. The molecule has 0 radical (unpaired) electrons. The van der Waals surface area contributed by atoms with Crippen molar-refractivity contribution < 1.29 is 19.1 Å². The molecule has 0 aromatic heterocycles. The van der Waals surface area contributed by atoms with Gasteiger partial charge in [0.05, 0.1) is 13.0 Å². The van der Waals surface area contributed by atoms with Crippen LogP contribution in [0.5, 0.6) is 0 Å². The molecule has 0 aliphatic rings. The third-order valence-electron chi connectivity index (χ3n) is 2.64. The zero-order valence-electron chi connectivity index (χ0n) is 12.0. The van der Waals surface area contributed by atoms with Crippen molar-refractivity contribution in [1.82, 2.24) is 10.2 Å². The second-order valence-corrected chi connectivity index (χ2v) is 3.97. The van der Waals surface area contributed by atoms with Crippen molar-refractivity contribution in [2.45, 2.75) is 40.0 Å². The fourth-order valence-electron chi connectivity index (χ4n) is 1.58. The van der Waals surface area contributed by atoms with Crippen LogP contribution >= 0.6 is 0 Å². The molecule has 0 aliphatic heterocycles. The van der Waals surface area contributed by atoms with E-state index in [4.69, 9.17) is 4.74 Å². The molecule has 0 aromatic carbocycles. The predicted octanol–water partition coefficient (Wildman–Crippen LogP) is 0.704. The number of hydrogen-bond donors (Lipinski definition) is 1. The summed E-state index contributed by atoms with van der Waals surface area (Å²) in [6.45, 7) is 7.52. The summed E-state index contributed by atoms with van der Waals surface area (Å²) in [6, 6.07) is 0. The number of nitrogens with one attached hydrogen (secondary N) is 1. The average molecular weight is 272 g/mol. The molecule has 0 atom stereocenters. The minimum absolute atomic E-state index is 0.0238. The van der Waals surface area contributed by atoms with E-state index in [1.807, 2.05) is 13.8 Å². The maximum atomic E-state index is 11.6. The highest BCUT2D eigenvalue weighted by molar-refractivity contribution is 5.82. The van der Waals surface area contributed by atoms with Gasteiger partial charge in [-0.05, 0) is 20.8 Å². The highest BCUT2D eigenvalue weighted by Gasteiger charge is 2.10. The molecule has 1 N–H and O–H groups in total. The smallest absolute Gasteiger partial charge is 0.306 e. The van der Waals surface area contributed by atoms with Crippen LogP contribution < -0.4 is 5.32 Å². The summed E-state index contributed by atoms with van der Waals surface area (Å²) in [5.41, 5.74) is 0. The molecule has 0 unspecified atom stereocenters. The van der Waals surface area contributed by atoms with Gasteiger partial charge in [0.2, 0.25) is 11.8 Å². The van der Waals surface area contributed by atoms with Crippen molar-refractivity contribution in [2.75, 3.05) is 26.2 Å². The Morgan fingerprint density at radius 2 is 1.63 bits per heavy atom. The van der Waals surface area contributed by atoms with Gasteiger partial charge in [-0.25, -0.2) is 0 Å². The lowest BCUT2D eigenvalue weighted by Gasteiger charge is -2.18.